The van der Waals surface area contributed by atoms with Crippen molar-refractivity contribution in [1.82, 2.24) is 25.5 Å². The number of allylic oxidation sites excluding steroid dienone is 6. The van der Waals surface area contributed by atoms with Crippen molar-refractivity contribution in [2.45, 2.75) is 27.3 Å². The molecule has 5 nitrogen and oxygen atoms in total. The Morgan fingerprint density at radius 3 is 2.74 bits per heavy atom. The lowest BCUT2D eigenvalue weighted by Gasteiger charge is -2.06. The molecule has 0 bridgehead atoms. The van der Waals surface area contributed by atoms with Crippen LogP contribution in [0.1, 0.15) is 30.7 Å². The molecule has 0 amide bonds. The average Bonchev–Trinajstić information content (AvgIpc) is 3.43. The zero-order valence-electron chi connectivity index (χ0n) is 20.4. The largest absolute Gasteiger partial charge is 0.357 e. The van der Waals surface area contributed by atoms with E-state index in [9.17, 15) is 4.39 Å². The maximum absolute atomic E-state index is 13.6. The van der Waals surface area contributed by atoms with Gasteiger partial charge in [0.15, 0.2) is 0 Å². The zero-order valence-corrected chi connectivity index (χ0v) is 20.4. The molecule has 4 rings (SSSR count). The van der Waals surface area contributed by atoms with Crippen LogP contribution in [-0.2, 0) is 6.54 Å². The van der Waals surface area contributed by atoms with E-state index in [0.29, 0.717) is 5.57 Å². The standard InChI is InChI=1S/C29H30FN5/c1-6-8-24(18(3)11-19(4)30)25-14-28(33-20(25)5)29-26-13-22(9-10-27(26)34-35-29)23-12-21(15-31-7-2)16-32-17-23/h6,8-14,16-17,31,33H,1,3,7,15H2,2,4-5H3,(H,34,35)/b19-11+,24-8-. The summed E-state index contributed by atoms with van der Waals surface area (Å²) in [5, 5.41) is 12.1. The predicted octanol–water partition coefficient (Wildman–Crippen LogP) is 7.04. The number of benzene rings is 1. The molecule has 6 heteroatoms. The molecule has 3 N–H and O–H groups in total. The minimum absolute atomic E-state index is 0.298. The number of aromatic nitrogens is 4. The molecule has 0 spiro atoms. The first-order valence-electron chi connectivity index (χ1n) is 11.6. The molecule has 1 aromatic carbocycles. The summed E-state index contributed by atoms with van der Waals surface area (Å²) in [6.45, 7) is 15.0. The zero-order chi connectivity index (χ0) is 24.9. The van der Waals surface area contributed by atoms with Crippen LogP contribution in [0.15, 0.2) is 85.5 Å². The Morgan fingerprint density at radius 1 is 1.17 bits per heavy atom. The molecule has 0 aliphatic carbocycles. The van der Waals surface area contributed by atoms with E-state index in [1.807, 2.05) is 37.5 Å². The summed E-state index contributed by atoms with van der Waals surface area (Å²) in [5.74, 6) is -0.298. The molecular formula is C29H30FN5. The second-order valence-corrected chi connectivity index (χ2v) is 8.49. The Kier molecular flexibility index (Phi) is 7.22. The van der Waals surface area contributed by atoms with Crippen LogP contribution in [0.4, 0.5) is 4.39 Å². The summed E-state index contributed by atoms with van der Waals surface area (Å²) < 4.78 is 13.6. The monoisotopic (exact) mass is 467 g/mol. The Morgan fingerprint density at radius 2 is 2.00 bits per heavy atom. The second-order valence-electron chi connectivity index (χ2n) is 8.49. The highest BCUT2D eigenvalue weighted by Gasteiger charge is 2.16. The number of H-pyrrole nitrogens is 2. The van der Waals surface area contributed by atoms with E-state index in [-0.39, 0.29) is 5.83 Å². The summed E-state index contributed by atoms with van der Waals surface area (Å²) in [6.07, 6.45) is 8.72. The van der Waals surface area contributed by atoms with Crippen LogP contribution in [0.25, 0.3) is 39.0 Å². The van der Waals surface area contributed by atoms with Crippen LogP contribution in [-0.4, -0.2) is 26.7 Å². The first kappa shape index (κ1) is 24.1. The quantitative estimate of drug-likeness (QED) is 0.231. The van der Waals surface area contributed by atoms with Crippen LogP contribution in [0.3, 0.4) is 0 Å². The fourth-order valence-corrected chi connectivity index (χ4v) is 4.18. The number of nitrogens with one attached hydrogen (secondary N) is 3. The number of aryl methyl sites for hydroxylation is 1. The third-order valence-electron chi connectivity index (χ3n) is 5.83. The van der Waals surface area contributed by atoms with Gasteiger partial charge in [0.2, 0.25) is 0 Å². The van der Waals surface area contributed by atoms with Gasteiger partial charge >= 0.3 is 0 Å². The van der Waals surface area contributed by atoms with Gasteiger partial charge in [-0.3, -0.25) is 10.1 Å². The SMILES string of the molecule is C=C/C=C(/C(=C)/C=C(\C)F)c1cc(-c2n[nH]c3ccc(-c4cncc(CNCC)c4)cc23)[nH]c1C. The van der Waals surface area contributed by atoms with E-state index in [1.54, 1.807) is 6.08 Å². The molecule has 0 atom stereocenters. The Labute approximate surface area is 205 Å². The van der Waals surface area contributed by atoms with Crippen molar-refractivity contribution in [3.63, 3.8) is 0 Å². The van der Waals surface area contributed by atoms with Gasteiger partial charge in [0.25, 0.3) is 0 Å². The van der Waals surface area contributed by atoms with Crippen molar-refractivity contribution < 1.29 is 4.39 Å². The lowest BCUT2D eigenvalue weighted by molar-refractivity contribution is 0.640. The summed E-state index contributed by atoms with van der Waals surface area (Å²) in [6, 6.07) is 10.4. The highest BCUT2D eigenvalue weighted by atomic mass is 19.1. The number of halogens is 1. The fourth-order valence-electron chi connectivity index (χ4n) is 4.18. The molecule has 0 unspecified atom stereocenters. The minimum Gasteiger partial charge on any atom is -0.357 e. The molecule has 178 valence electrons. The fraction of sp³-hybridized carbons (Fsp3) is 0.172. The molecule has 0 saturated heterocycles. The lowest BCUT2D eigenvalue weighted by Crippen LogP contribution is -2.11. The number of hydrogen-bond acceptors (Lipinski definition) is 3. The first-order chi connectivity index (χ1) is 16.9. The van der Waals surface area contributed by atoms with Crippen LogP contribution < -0.4 is 5.32 Å². The normalized spacial score (nSPS) is 12.3. The van der Waals surface area contributed by atoms with E-state index in [4.69, 9.17) is 0 Å². The highest BCUT2D eigenvalue weighted by molar-refractivity contribution is 5.96. The molecule has 0 radical (unpaired) electrons. The average molecular weight is 468 g/mol. The highest BCUT2D eigenvalue weighted by Crippen LogP contribution is 2.34. The second kappa shape index (κ2) is 10.5. The van der Waals surface area contributed by atoms with Crippen LogP contribution >= 0.6 is 0 Å². The van der Waals surface area contributed by atoms with E-state index >= 15 is 0 Å². The number of rotatable bonds is 9. The summed E-state index contributed by atoms with van der Waals surface area (Å²) >= 11 is 0. The molecule has 3 heterocycles. The van der Waals surface area contributed by atoms with Gasteiger partial charge in [-0.15, -0.1) is 0 Å². The van der Waals surface area contributed by atoms with Gasteiger partial charge in [0.1, 0.15) is 5.69 Å². The van der Waals surface area contributed by atoms with Gasteiger partial charge in [-0.1, -0.05) is 38.3 Å². The molecule has 3 aromatic heterocycles. The molecule has 0 saturated carbocycles. The number of hydrogen-bond donors (Lipinski definition) is 3. The Bertz CT molecular complexity index is 1450. The minimum atomic E-state index is -0.298. The lowest BCUT2D eigenvalue weighted by atomic mass is 9.97. The van der Waals surface area contributed by atoms with Gasteiger partial charge in [-0.05, 0) is 73.0 Å². The van der Waals surface area contributed by atoms with E-state index in [0.717, 1.165) is 68.9 Å². The van der Waals surface area contributed by atoms with E-state index < -0.39 is 0 Å². The van der Waals surface area contributed by atoms with Crippen molar-refractivity contribution in [2.75, 3.05) is 6.54 Å². The third kappa shape index (κ3) is 5.23. The van der Waals surface area contributed by atoms with Crippen LogP contribution in [0.2, 0.25) is 0 Å². The van der Waals surface area contributed by atoms with E-state index in [1.165, 1.54) is 13.0 Å². The van der Waals surface area contributed by atoms with Gasteiger partial charge < -0.3 is 10.3 Å². The van der Waals surface area contributed by atoms with Crippen molar-refractivity contribution in [3.8, 4) is 22.5 Å². The molecular weight excluding hydrogens is 437 g/mol. The van der Waals surface area contributed by atoms with Crippen molar-refractivity contribution in [1.29, 1.82) is 0 Å². The number of aromatic amines is 2. The predicted molar refractivity (Wildman–Crippen MR) is 143 cm³/mol. The topological polar surface area (TPSA) is 69.4 Å². The van der Waals surface area contributed by atoms with Crippen LogP contribution in [0.5, 0.6) is 0 Å². The summed E-state index contributed by atoms with van der Waals surface area (Å²) in [5.41, 5.74) is 9.13. The summed E-state index contributed by atoms with van der Waals surface area (Å²) in [4.78, 5) is 7.87. The third-order valence-corrected chi connectivity index (χ3v) is 5.83. The molecule has 0 aliphatic heterocycles. The van der Waals surface area contributed by atoms with Gasteiger partial charge in [-0.25, -0.2) is 4.39 Å². The summed E-state index contributed by atoms with van der Waals surface area (Å²) in [7, 11) is 0. The van der Waals surface area contributed by atoms with Crippen molar-refractivity contribution in [3.05, 3.63) is 102 Å². The van der Waals surface area contributed by atoms with Gasteiger partial charge in [0.05, 0.1) is 17.0 Å². The molecule has 0 aliphatic rings. The number of fused-ring (bicyclic) bond motifs is 1. The first-order valence-corrected chi connectivity index (χ1v) is 11.6. The molecule has 35 heavy (non-hydrogen) atoms. The maximum atomic E-state index is 13.6. The molecule has 0 fully saturated rings. The Balaban J connectivity index is 1.75. The van der Waals surface area contributed by atoms with Gasteiger partial charge in [-0.2, -0.15) is 5.10 Å². The van der Waals surface area contributed by atoms with Crippen LogP contribution in [0, 0.1) is 6.92 Å². The van der Waals surface area contributed by atoms with Crippen molar-refractivity contribution >= 4 is 16.5 Å². The molecule has 4 aromatic rings. The number of pyridine rings is 1. The van der Waals surface area contributed by atoms with Crippen molar-refractivity contribution in [2.24, 2.45) is 0 Å². The van der Waals surface area contributed by atoms with Gasteiger partial charge in [0, 0.05) is 41.1 Å². The Hall–Kier alpha value is -4.03. The smallest absolute Gasteiger partial charge is 0.116 e. The van der Waals surface area contributed by atoms with E-state index in [2.05, 4.69) is 63.8 Å². The number of nitrogens with zero attached hydrogens (tertiary/aromatic N) is 2. The maximum Gasteiger partial charge on any atom is 0.116 e.